The minimum atomic E-state index is -1.62. The predicted octanol–water partition coefficient (Wildman–Crippen LogP) is 13.9. The minimum absolute atomic E-state index is 0.125. The van der Waals surface area contributed by atoms with Crippen LogP contribution < -0.4 is 10.6 Å². The SMILES string of the molecule is CCCCCCCCCCCCCCCCCCCCCCCCCCN[C@@H](CO[C@H]1O[C@H](COC(=O)Nc2cccc(SC)c2)[C@H](O)[C@H](O)[C@H]1O)[C@H](O)[C@H](O)CCCCCCCCCCCCCC. The van der Waals surface area contributed by atoms with Crippen molar-refractivity contribution in [3.63, 3.8) is 0 Å². The molecule has 12 heteroatoms. The summed E-state index contributed by atoms with van der Waals surface area (Å²) in [6, 6.07) is 6.60. The largest absolute Gasteiger partial charge is 0.446 e. The topological polar surface area (TPSA) is 170 Å². The van der Waals surface area contributed by atoms with Crippen LogP contribution in [0.4, 0.5) is 10.5 Å². The van der Waals surface area contributed by atoms with Crippen molar-refractivity contribution in [1.82, 2.24) is 5.32 Å². The van der Waals surface area contributed by atoms with Crippen molar-refractivity contribution < 1.29 is 44.5 Å². The van der Waals surface area contributed by atoms with Gasteiger partial charge >= 0.3 is 6.09 Å². The van der Waals surface area contributed by atoms with E-state index in [4.69, 9.17) is 14.2 Å². The number of hydrogen-bond acceptors (Lipinski definition) is 11. The molecule has 2 rings (SSSR count). The Hall–Kier alpha value is -1.48. The lowest BCUT2D eigenvalue weighted by Gasteiger charge is -2.40. The summed E-state index contributed by atoms with van der Waals surface area (Å²) in [5.41, 5.74) is 0.544. The van der Waals surface area contributed by atoms with Gasteiger partial charge in [-0.15, -0.1) is 11.8 Å². The molecule has 7 N–H and O–H groups in total. The Kier molecular flexibility index (Phi) is 41.5. The Morgan fingerprint density at radius 3 is 1.47 bits per heavy atom. The molecule has 0 spiro atoms. The first-order chi connectivity index (χ1) is 34.2. The zero-order valence-electron chi connectivity index (χ0n) is 45.0. The van der Waals surface area contributed by atoms with Crippen molar-refractivity contribution in [3.05, 3.63) is 24.3 Å². The maximum absolute atomic E-state index is 12.6. The van der Waals surface area contributed by atoms with Crippen molar-refractivity contribution in [2.24, 2.45) is 0 Å². The van der Waals surface area contributed by atoms with Gasteiger partial charge in [-0.1, -0.05) is 245 Å². The molecule has 1 aromatic rings. The fraction of sp³-hybridized carbons (Fsp3) is 0.879. The molecular formula is C58H108N2O9S. The average molecular weight is 1010 g/mol. The Morgan fingerprint density at radius 2 is 1.03 bits per heavy atom. The van der Waals surface area contributed by atoms with E-state index in [1.54, 1.807) is 12.1 Å². The Balaban J connectivity index is 1.70. The first-order valence-electron chi connectivity index (χ1n) is 29.2. The molecular weight excluding hydrogens is 901 g/mol. The van der Waals surface area contributed by atoms with Crippen molar-refractivity contribution in [3.8, 4) is 0 Å². The van der Waals surface area contributed by atoms with E-state index in [9.17, 15) is 30.3 Å². The van der Waals surface area contributed by atoms with Gasteiger partial charge in [0.25, 0.3) is 0 Å². The number of ether oxygens (including phenoxy) is 3. The van der Waals surface area contributed by atoms with Gasteiger partial charge in [0, 0.05) is 10.6 Å². The number of aliphatic hydroxyl groups excluding tert-OH is 5. The van der Waals surface area contributed by atoms with Crippen LogP contribution in [0.5, 0.6) is 0 Å². The highest BCUT2D eigenvalue weighted by atomic mass is 32.2. The van der Waals surface area contributed by atoms with Gasteiger partial charge in [-0.2, -0.15) is 0 Å². The molecule has 70 heavy (non-hydrogen) atoms. The molecule has 1 aliphatic rings. The second kappa shape index (κ2) is 45.0. The van der Waals surface area contributed by atoms with Crippen LogP contribution in [0.1, 0.15) is 251 Å². The van der Waals surface area contributed by atoms with Gasteiger partial charge in [-0.25, -0.2) is 4.79 Å². The number of anilines is 1. The van der Waals surface area contributed by atoms with E-state index in [-0.39, 0.29) is 6.61 Å². The Bertz CT molecular complexity index is 1330. The summed E-state index contributed by atoms with van der Waals surface area (Å²) in [5.74, 6) is 0. The van der Waals surface area contributed by atoms with Gasteiger partial charge in [-0.05, 0) is 43.8 Å². The number of carbonyl (C=O) groups is 1. The average Bonchev–Trinajstić information content (AvgIpc) is 3.36. The summed E-state index contributed by atoms with van der Waals surface area (Å²) < 4.78 is 17.2. The van der Waals surface area contributed by atoms with Gasteiger partial charge in [0.15, 0.2) is 6.29 Å². The molecule has 1 heterocycles. The number of thioether (sulfide) groups is 1. The van der Waals surface area contributed by atoms with E-state index in [1.165, 1.54) is 204 Å². The normalized spacial score (nSPS) is 19.6. The molecule has 8 atom stereocenters. The predicted molar refractivity (Wildman–Crippen MR) is 292 cm³/mol. The maximum atomic E-state index is 12.6. The highest BCUT2D eigenvalue weighted by Crippen LogP contribution is 2.25. The maximum Gasteiger partial charge on any atom is 0.411 e. The summed E-state index contributed by atoms with van der Waals surface area (Å²) in [6.07, 6.45) is 39.0. The van der Waals surface area contributed by atoms with Crippen LogP contribution >= 0.6 is 11.8 Å². The van der Waals surface area contributed by atoms with Gasteiger partial charge in [0.05, 0.1) is 24.9 Å². The number of unbranched alkanes of at least 4 members (excludes halogenated alkanes) is 34. The third kappa shape index (κ3) is 32.7. The monoisotopic (exact) mass is 1010 g/mol. The molecule has 1 saturated heterocycles. The van der Waals surface area contributed by atoms with E-state index >= 15 is 0 Å². The number of nitrogens with one attached hydrogen (secondary N) is 2. The second-order valence-electron chi connectivity index (χ2n) is 20.7. The summed E-state index contributed by atoms with van der Waals surface area (Å²) in [5, 5.41) is 60.9. The number of amides is 1. The zero-order valence-corrected chi connectivity index (χ0v) is 45.8. The molecule has 1 amide bonds. The number of rotatable bonds is 48. The lowest BCUT2D eigenvalue weighted by molar-refractivity contribution is -0.302. The van der Waals surface area contributed by atoms with Crippen molar-refractivity contribution >= 4 is 23.5 Å². The van der Waals surface area contributed by atoms with Crippen molar-refractivity contribution in [2.75, 3.05) is 31.3 Å². The minimum Gasteiger partial charge on any atom is -0.446 e. The standard InChI is InChI=1S/C58H108N2O9S/c1-4-6-8-10-12-14-16-18-19-20-21-22-23-24-25-26-27-28-29-31-33-35-37-39-44-59-50(53(62)51(61)43-38-36-34-32-30-17-15-13-11-9-7-5-2)46-67-57-56(65)55(64)54(63)52(69-57)47-68-58(66)60-48-41-40-42-49(45-48)70-3/h40-42,45,50-57,59,61-65H,4-39,43-44,46-47H2,1-3H3,(H,60,66)/t50-,51+,52+,53-,54-,55-,56+,57-/m0/s1. The van der Waals surface area contributed by atoms with Gasteiger partial charge in [-0.3, -0.25) is 5.32 Å². The lowest BCUT2D eigenvalue weighted by Crippen LogP contribution is -2.60. The molecule has 1 fully saturated rings. The number of benzene rings is 1. The van der Waals surface area contributed by atoms with Crippen molar-refractivity contribution in [1.29, 1.82) is 0 Å². The first kappa shape index (κ1) is 64.6. The summed E-state index contributed by atoms with van der Waals surface area (Å²) >= 11 is 1.54. The van der Waals surface area contributed by atoms with E-state index < -0.39 is 61.7 Å². The molecule has 1 aliphatic heterocycles. The summed E-state index contributed by atoms with van der Waals surface area (Å²) in [4.78, 5) is 13.6. The quantitative estimate of drug-likeness (QED) is 0.0245. The van der Waals surface area contributed by atoms with Crippen LogP contribution in [-0.4, -0.2) is 107 Å². The van der Waals surface area contributed by atoms with E-state index in [2.05, 4.69) is 24.5 Å². The molecule has 0 aromatic heterocycles. The third-order valence-electron chi connectivity index (χ3n) is 14.4. The van der Waals surface area contributed by atoms with E-state index in [0.717, 1.165) is 43.4 Å². The first-order valence-corrected chi connectivity index (χ1v) is 30.4. The molecule has 0 bridgehead atoms. The molecule has 11 nitrogen and oxygen atoms in total. The van der Waals surface area contributed by atoms with Crippen LogP contribution in [0.25, 0.3) is 0 Å². The zero-order chi connectivity index (χ0) is 50.7. The second-order valence-corrected chi connectivity index (χ2v) is 21.6. The lowest BCUT2D eigenvalue weighted by atomic mass is 9.98. The molecule has 0 aliphatic carbocycles. The van der Waals surface area contributed by atoms with Crippen LogP contribution in [0.15, 0.2) is 29.2 Å². The smallest absolute Gasteiger partial charge is 0.411 e. The molecule has 410 valence electrons. The number of carbonyl (C=O) groups excluding carboxylic acids is 1. The third-order valence-corrected chi connectivity index (χ3v) is 15.1. The van der Waals surface area contributed by atoms with Gasteiger partial charge in [0.1, 0.15) is 31.0 Å². The molecule has 0 radical (unpaired) electrons. The summed E-state index contributed by atoms with van der Waals surface area (Å²) in [7, 11) is 0. The van der Waals surface area contributed by atoms with Gasteiger partial charge in [0.2, 0.25) is 0 Å². The van der Waals surface area contributed by atoms with E-state index in [1.807, 2.05) is 18.4 Å². The van der Waals surface area contributed by atoms with Crippen LogP contribution in [0.3, 0.4) is 0 Å². The Labute approximate surface area is 432 Å². The summed E-state index contributed by atoms with van der Waals surface area (Å²) in [6.45, 7) is 4.63. The molecule has 0 saturated carbocycles. The van der Waals surface area contributed by atoms with E-state index in [0.29, 0.717) is 18.7 Å². The molecule has 0 unspecified atom stereocenters. The Morgan fingerprint density at radius 1 is 0.600 bits per heavy atom. The van der Waals surface area contributed by atoms with Crippen LogP contribution in [0.2, 0.25) is 0 Å². The highest BCUT2D eigenvalue weighted by Gasteiger charge is 2.45. The number of hydrogen-bond donors (Lipinski definition) is 7. The van der Waals surface area contributed by atoms with Crippen LogP contribution in [-0.2, 0) is 14.2 Å². The van der Waals surface area contributed by atoms with Crippen molar-refractivity contribution in [2.45, 2.75) is 305 Å². The molecule has 1 aromatic carbocycles. The fourth-order valence-electron chi connectivity index (χ4n) is 9.69. The van der Waals surface area contributed by atoms with Crippen LogP contribution in [0, 0.1) is 0 Å². The number of aliphatic hydroxyl groups is 5. The van der Waals surface area contributed by atoms with Gasteiger partial charge < -0.3 is 45.1 Å². The fourth-order valence-corrected chi connectivity index (χ4v) is 10.1. The highest BCUT2D eigenvalue weighted by molar-refractivity contribution is 7.98.